The van der Waals surface area contributed by atoms with Crippen molar-refractivity contribution in [1.29, 1.82) is 0 Å². The third-order valence-electron chi connectivity index (χ3n) is 3.37. The molecule has 1 aromatic heterocycles. The van der Waals surface area contributed by atoms with Gasteiger partial charge in [0.25, 0.3) is 0 Å². The van der Waals surface area contributed by atoms with Crippen LogP contribution in [0.4, 0.5) is 0 Å². The van der Waals surface area contributed by atoms with Crippen molar-refractivity contribution < 1.29 is 0 Å². The Labute approximate surface area is 90.3 Å². The average molecular weight is 203 g/mol. The molecule has 80 valence electrons. The molecular formula is C12H17N3. The smallest absolute Gasteiger partial charge is 0.116 e. The highest BCUT2D eigenvalue weighted by Gasteiger charge is 2.26. The fraction of sp³-hybridized carbons (Fsp3) is 0.667. The predicted octanol–water partition coefficient (Wildman–Crippen LogP) is 2.17. The molecule has 3 nitrogen and oxygen atoms in total. The molecule has 2 aliphatic rings. The third-order valence-corrected chi connectivity index (χ3v) is 3.37. The van der Waals surface area contributed by atoms with Crippen LogP contribution >= 0.6 is 0 Å². The Kier molecular flexibility index (Phi) is 2.41. The zero-order valence-corrected chi connectivity index (χ0v) is 8.95. The second-order valence-electron chi connectivity index (χ2n) is 4.64. The number of rotatable bonds is 2. The topological polar surface area (TPSA) is 37.8 Å². The summed E-state index contributed by atoms with van der Waals surface area (Å²) in [6.45, 7) is 1.13. The van der Waals surface area contributed by atoms with Crippen molar-refractivity contribution in [2.24, 2.45) is 0 Å². The molecule has 15 heavy (non-hydrogen) atoms. The Morgan fingerprint density at radius 1 is 1.07 bits per heavy atom. The Hall–Kier alpha value is -0.960. The van der Waals surface area contributed by atoms with Gasteiger partial charge in [-0.15, -0.1) is 0 Å². The highest BCUT2D eigenvalue weighted by Crippen LogP contribution is 2.39. The van der Waals surface area contributed by atoms with E-state index in [1.165, 1.54) is 43.5 Å². The molecule has 1 saturated heterocycles. The second kappa shape index (κ2) is 3.89. The summed E-state index contributed by atoms with van der Waals surface area (Å²) >= 11 is 0. The van der Waals surface area contributed by atoms with Gasteiger partial charge in [0.1, 0.15) is 6.33 Å². The highest BCUT2D eigenvalue weighted by molar-refractivity contribution is 5.19. The number of nitrogens with zero attached hydrogens (tertiary/aromatic N) is 2. The SMILES string of the molecule is c1nc(C2CC2)cc(C2CCCCN2)n1. The summed E-state index contributed by atoms with van der Waals surface area (Å²) in [4.78, 5) is 8.76. The summed E-state index contributed by atoms with van der Waals surface area (Å²) in [5, 5.41) is 3.53. The first-order chi connectivity index (χ1) is 7.43. The fourth-order valence-electron chi connectivity index (χ4n) is 2.29. The molecule has 0 aromatic carbocycles. The molecule has 1 unspecified atom stereocenters. The van der Waals surface area contributed by atoms with Crippen LogP contribution in [-0.4, -0.2) is 16.5 Å². The van der Waals surface area contributed by atoms with Gasteiger partial charge in [-0.3, -0.25) is 0 Å². The standard InChI is InChI=1S/C12H17N3/c1-2-6-13-10(3-1)12-7-11(9-4-5-9)14-8-15-12/h7-10,13H,1-6H2. The van der Waals surface area contributed by atoms with Crippen molar-refractivity contribution in [2.45, 2.75) is 44.1 Å². The Bertz CT molecular complexity index is 340. The van der Waals surface area contributed by atoms with E-state index in [1.54, 1.807) is 6.33 Å². The molecule has 1 aromatic rings. The molecule has 1 N–H and O–H groups in total. The van der Waals surface area contributed by atoms with Crippen LogP contribution in [0, 0.1) is 0 Å². The molecule has 0 radical (unpaired) electrons. The summed E-state index contributed by atoms with van der Waals surface area (Å²) in [6.07, 6.45) is 8.21. The van der Waals surface area contributed by atoms with E-state index in [0.29, 0.717) is 6.04 Å². The maximum absolute atomic E-state index is 4.40. The summed E-state index contributed by atoms with van der Waals surface area (Å²) in [6, 6.07) is 2.68. The molecule has 3 rings (SSSR count). The Morgan fingerprint density at radius 2 is 1.93 bits per heavy atom. The molecular weight excluding hydrogens is 186 g/mol. The average Bonchev–Trinajstić information content (AvgIpc) is 3.14. The lowest BCUT2D eigenvalue weighted by Gasteiger charge is -2.22. The molecule has 2 fully saturated rings. The van der Waals surface area contributed by atoms with Gasteiger partial charge >= 0.3 is 0 Å². The van der Waals surface area contributed by atoms with E-state index in [4.69, 9.17) is 0 Å². The molecule has 1 aliphatic carbocycles. The van der Waals surface area contributed by atoms with Crippen molar-refractivity contribution in [1.82, 2.24) is 15.3 Å². The lowest BCUT2D eigenvalue weighted by Crippen LogP contribution is -2.27. The van der Waals surface area contributed by atoms with Crippen LogP contribution < -0.4 is 5.32 Å². The van der Waals surface area contributed by atoms with E-state index in [-0.39, 0.29) is 0 Å². The Balaban J connectivity index is 1.80. The maximum Gasteiger partial charge on any atom is 0.116 e. The minimum atomic E-state index is 0.472. The molecule has 0 spiro atoms. The van der Waals surface area contributed by atoms with Crippen molar-refractivity contribution in [3.63, 3.8) is 0 Å². The number of hydrogen-bond acceptors (Lipinski definition) is 3. The summed E-state index contributed by atoms with van der Waals surface area (Å²) < 4.78 is 0. The number of aromatic nitrogens is 2. The van der Waals surface area contributed by atoms with Crippen molar-refractivity contribution in [2.75, 3.05) is 6.54 Å². The molecule has 0 bridgehead atoms. The molecule has 2 heterocycles. The summed E-state index contributed by atoms with van der Waals surface area (Å²) in [7, 11) is 0. The van der Waals surface area contributed by atoms with E-state index in [0.717, 1.165) is 12.5 Å². The number of hydrogen-bond donors (Lipinski definition) is 1. The zero-order chi connectivity index (χ0) is 10.1. The fourth-order valence-corrected chi connectivity index (χ4v) is 2.29. The van der Waals surface area contributed by atoms with Crippen LogP contribution in [0.2, 0.25) is 0 Å². The van der Waals surface area contributed by atoms with Gasteiger partial charge < -0.3 is 5.32 Å². The van der Waals surface area contributed by atoms with Gasteiger partial charge in [-0.1, -0.05) is 6.42 Å². The monoisotopic (exact) mass is 203 g/mol. The quantitative estimate of drug-likeness (QED) is 0.800. The second-order valence-corrected chi connectivity index (χ2v) is 4.64. The third kappa shape index (κ3) is 2.02. The molecule has 0 amide bonds. The minimum Gasteiger partial charge on any atom is -0.309 e. The van der Waals surface area contributed by atoms with E-state index >= 15 is 0 Å². The van der Waals surface area contributed by atoms with Gasteiger partial charge in [-0.25, -0.2) is 9.97 Å². The van der Waals surface area contributed by atoms with Gasteiger partial charge in [0.05, 0.1) is 5.69 Å². The van der Waals surface area contributed by atoms with Gasteiger partial charge in [-0.2, -0.15) is 0 Å². The van der Waals surface area contributed by atoms with Crippen LogP contribution in [0.5, 0.6) is 0 Å². The lowest BCUT2D eigenvalue weighted by molar-refractivity contribution is 0.404. The normalized spacial score (nSPS) is 26.5. The predicted molar refractivity (Wildman–Crippen MR) is 58.6 cm³/mol. The van der Waals surface area contributed by atoms with Crippen molar-refractivity contribution in [3.05, 3.63) is 23.8 Å². The molecule has 1 aliphatic heterocycles. The van der Waals surface area contributed by atoms with Crippen LogP contribution in [-0.2, 0) is 0 Å². The van der Waals surface area contributed by atoms with E-state index in [2.05, 4.69) is 21.4 Å². The molecule has 1 saturated carbocycles. The van der Waals surface area contributed by atoms with Crippen molar-refractivity contribution in [3.8, 4) is 0 Å². The minimum absolute atomic E-state index is 0.472. The highest BCUT2D eigenvalue weighted by atomic mass is 15.0. The molecule has 3 heteroatoms. The number of nitrogens with one attached hydrogen (secondary N) is 1. The number of piperidine rings is 1. The maximum atomic E-state index is 4.40. The van der Waals surface area contributed by atoms with Crippen LogP contribution in [0.3, 0.4) is 0 Å². The first-order valence-corrected chi connectivity index (χ1v) is 5.99. The van der Waals surface area contributed by atoms with Gasteiger partial charge in [0.15, 0.2) is 0 Å². The van der Waals surface area contributed by atoms with Crippen molar-refractivity contribution >= 4 is 0 Å². The van der Waals surface area contributed by atoms with E-state index in [1.807, 2.05) is 0 Å². The van der Waals surface area contributed by atoms with E-state index < -0.39 is 0 Å². The van der Waals surface area contributed by atoms with Crippen LogP contribution in [0.15, 0.2) is 12.4 Å². The molecule has 1 atom stereocenters. The van der Waals surface area contributed by atoms with Gasteiger partial charge in [0, 0.05) is 17.7 Å². The van der Waals surface area contributed by atoms with Gasteiger partial charge in [0.2, 0.25) is 0 Å². The summed E-state index contributed by atoms with van der Waals surface area (Å²) in [5.74, 6) is 0.732. The Morgan fingerprint density at radius 3 is 2.67 bits per heavy atom. The van der Waals surface area contributed by atoms with Crippen LogP contribution in [0.25, 0.3) is 0 Å². The van der Waals surface area contributed by atoms with Crippen LogP contribution in [0.1, 0.15) is 55.5 Å². The largest absolute Gasteiger partial charge is 0.309 e. The first kappa shape index (κ1) is 9.28. The van der Waals surface area contributed by atoms with E-state index in [9.17, 15) is 0 Å². The van der Waals surface area contributed by atoms with Gasteiger partial charge in [-0.05, 0) is 38.3 Å². The summed E-state index contributed by atoms with van der Waals surface area (Å²) in [5.41, 5.74) is 2.46. The zero-order valence-electron chi connectivity index (χ0n) is 8.95. The lowest BCUT2D eigenvalue weighted by atomic mass is 10.0. The first-order valence-electron chi connectivity index (χ1n) is 5.99.